The fourth-order valence-corrected chi connectivity index (χ4v) is 5.87. The molecule has 2 N–H and O–H groups in total. The van der Waals surface area contributed by atoms with E-state index >= 15 is 0 Å². The molecule has 5 rings (SSSR count). The molecule has 0 spiro atoms. The zero-order valence-corrected chi connectivity index (χ0v) is 24.2. The quantitative estimate of drug-likeness (QED) is 0.316. The number of Topliss-reactive ketones (excluding diaryl/α,β-unsaturated/α-hetero) is 1. The van der Waals surface area contributed by atoms with Gasteiger partial charge in [-0.3, -0.25) is 9.59 Å². The number of fused-ring (bicyclic) bond motifs is 1. The van der Waals surface area contributed by atoms with E-state index in [-0.39, 0.29) is 36.0 Å². The second-order valence-corrected chi connectivity index (χ2v) is 12.0. The lowest BCUT2D eigenvalue weighted by Crippen LogP contribution is -2.45. The van der Waals surface area contributed by atoms with Crippen LogP contribution in [0.15, 0.2) is 66.9 Å². The van der Waals surface area contributed by atoms with Crippen molar-refractivity contribution >= 4 is 39.1 Å². The van der Waals surface area contributed by atoms with Gasteiger partial charge >= 0.3 is 0 Å². The van der Waals surface area contributed by atoms with Crippen LogP contribution in [0.5, 0.6) is 5.75 Å². The third kappa shape index (κ3) is 5.36. The van der Waals surface area contributed by atoms with Crippen LogP contribution in [0, 0.1) is 5.82 Å². The zero-order chi connectivity index (χ0) is 30.2. The van der Waals surface area contributed by atoms with Gasteiger partial charge in [-0.25, -0.2) is 9.37 Å². The van der Waals surface area contributed by atoms with E-state index in [1.807, 2.05) is 30.3 Å². The molecule has 3 heterocycles. The summed E-state index contributed by atoms with van der Waals surface area (Å²) in [6.07, 6.45) is 1.50. The minimum Gasteiger partial charge on any atom is -0.494 e. The Morgan fingerprint density at radius 3 is 2.48 bits per heavy atom. The van der Waals surface area contributed by atoms with Crippen LogP contribution in [0.1, 0.15) is 26.4 Å². The summed E-state index contributed by atoms with van der Waals surface area (Å²) in [5.74, 6) is -1.39. The Labute approximate surface area is 242 Å². The molecule has 1 aliphatic rings. The number of pyridine rings is 1. The second-order valence-electron chi connectivity index (χ2n) is 9.81. The smallest absolute Gasteiger partial charge is 0.282 e. The maximum Gasteiger partial charge on any atom is 0.282 e. The highest BCUT2D eigenvalue weighted by Crippen LogP contribution is 2.41. The van der Waals surface area contributed by atoms with Gasteiger partial charge in [0, 0.05) is 49.8 Å². The lowest BCUT2D eigenvalue weighted by Gasteiger charge is -2.28. The number of rotatable bonds is 8. The SMILES string of the molecule is COc1ccc(C(=O)Nc2cc(-c3c(Nc4ccccc4)c4c(n3C)CN(S(=O)(=O)N(C)C)CC4=O)ccn2)cc1F. The molecule has 11 nitrogen and oxygen atoms in total. The molecule has 1 aliphatic heterocycles. The van der Waals surface area contributed by atoms with E-state index in [1.54, 1.807) is 23.7 Å². The van der Waals surface area contributed by atoms with E-state index in [4.69, 9.17) is 4.74 Å². The molecule has 0 unspecified atom stereocenters. The fourth-order valence-electron chi connectivity index (χ4n) is 4.84. The lowest BCUT2D eigenvalue weighted by atomic mass is 10.0. The number of aromatic nitrogens is 2. The summed E-state index contributed by atoms with van der Waals surface area (Å²) in [5, 5.41) is 6.03. The van der Waals surface area contributed by atoms with E-state index in [0.29, 0.717) is 28.2 Å². The van der Waals surface area contributed by atoms with E-state index in [0.717, 1.165) is 20.4 Å². The molecule has 4 aromatic rings. The van der Waals surface area contributed by atoms with Crippen LogP contribution in [-0.2, 0) is 23.8 Å². The van der Waals surface area contributed by atoms with E-state index in [9.17, 15) is 22.4 Å². The van der Waals surface area contributed by atoms with Crippen LogP contribution in [0.25, 0.3) is 11.3 Å². The first-order chi connectivity index (χ1) is 20.0. The number of hydrogen-bond donors (Lipinski definition) is 2. The van der Waals surface area contributed by atoms with Crippen LogP contribution in [0.4, 0.5) is 21.6 Å². The first-order valence-electron chi connectivity index (χ1n) is 12.9. The van der Waals surface area contributed by atoms with Gasteiger partial charge in [-0.2, -0.15) is 17.0 Å². The monoisotopic (exact) mass is 592 g/mol. The number of methoxy groups -OCH3 is 1. The summed E-state index contributed by atoms with van der Waals surface area (Å²) < 4.78 is 48.9. The van der Waals surface area contributed by atoms with Crippen molar-refractivity contribution in [3.8, 4) is 17.0 Å². The molecule has 0 fully saturated rings. The Balaban J connectivity index is 1.57. The third-order valence-electron chi connectivity index (χ3n) is 6.96. The van der Waals surface area contributed by atoms with Crippen molar-refractivity contribution in [2.45, 2.75) is 6.54 Å². The van der Waals surface area contributed by atoms with Gasteiger partial charge in [0.05, 0.1) is 37.1 Å². The van der Waals surface area contributed by atoms with Gasteiger partial charge in [0.2, 0.25) is 0 Å². The van der Waals surface area contributed by atoms with Gasteiger partial charge in [-0.15, -0.1) is 0 Å². The number of halogens is 1. The Bertz CT molecular complexity index is 1790. The number of benzene rings is 2. The number of nitrogens with zero attached hydrogens (tertiary/aromatic N) is 4. The average molecular weight is 593 g/mol. The molecule has 0 radical (unpaired) electrons. The highest BCUT2D eigenvalue weighted by Gasteiger charge is 2.38. The van der Waals surface area contributed by atoms with Crippen molar-refractivity contribution in [3.05, 3.63) is 89.5 Å². The number of hydrogen-bond acceptors (Lipinski definition) is 7. The Morgan fingerprint density at radius 2 is 1.81 bits per heavy atom. The van der Waals surface area contributed by atoms with Crippen LogP contribution >= 0.6 is 0 Å². The highest BCUT2D eigenvalue weighted by atomic mass is 32.2. The maximum atomic E-state index is 14.2. The standard InChI is InChI=1S/C29H29FN6O5S/c1-34(2)42(39,40)36-16-22-26(23(37)17-36)27(32-20-8-6-5-7-9-20)28(35(22)3)18-12-13-31-25(15-18)33-29(38)19-10-11-24(41-4)21(30)14-19/h5-15,32H,16-17H2,1-4H3,(H,31,33,38). The zero-order valence-electron chi connectivity index (χ0n) is 23.4. The molecule has 0 atom stereocenters. The van der Waals surface area contributed by atoms with Crippen molar-refractivity contribution < 1.29 is 27.1 Å². The predicted molar refractivity (Wildman–Crippen MR) is 157 cm³/mol. The first-order valence-corrected chi connectivity index (χ1v) is 14.3. The summed E-state index contributed by atoms with van der Waals surface area (Å²) >= 11 is 0. The molecule has 2 aromatic heterocycles. The Morgan fingerprint density at radius 1 is 1.07 bits per heavy atom. The molecule has 0 aliphatic carbocycles. The van der Waals surface area contributed by atoms with Gasteiger partial charge < -0.3 is 19.9 Å². The Hall–Kier alpha value is -4.59. The molecule has 42 heavy (non-hydrogen) atoms. The van der Waals surface area contributed by atoms with E-state index < -0.39 is 21.9 Å². The Kier molecular flexibility index (Phi) is 7.82. The van der Waals surface area contributed by atoms with Gasteiger partial charge in [-0.1, -0.05) is 18.2 Å². The topological polar surface area (TPSA) is 126 Å². The van der Waals surface area contributed by atoms with Gasteiger partial charge in [0.25, 0.3) is 16.1 Å². The number of anilines is 3. The highest BCUT2D eigenvalue weighted by molar-refractivity contribution is 7.86. The van der Waals surface area contributed by atoms with Gasteiger partial charge in [0.1, 0.15) is 5.82 Å². The van der Waals surface area contributed by atoms with Crippen molar-refractivity contribution in [1.29, 1.82) is 0 Å². The number of amides is 1. The number of para-hydroxylation sites is 1. The molecule has 13 heteroatoms. The van der Waals surface area contributed by atoms with E-state index in [1.165, 1.54) is 39.5 Å². The molecular weight excluding hydrogens is 563 g/mol. The molecule has 0 saturated heterocycles. The van der Waals surface area contributed by atoms with E-state index in [2.05, 4.69) is 15.6 Å². The maximum absolute atomic E-state index is 14.2. The lowest BCUT2D eigenvalue weighted by molar-refractivity contribution is 0.0946. The van der Waals surface area contributed by atoms with Gasteiger partial charge in [-0.05, 0) is 42.5 Å². The number of nitrogens with one attached hydrogen (secondary N) is 2. The number of ether oxygens (including phenoxy) is 1. The summed E-state index contributed by atoms with van der Waals surface area (Å²) in [6.45, 7) is -0.324. The number of carbonyl (C=O) groups excluding carboxylic acids is 2. The van der Waals surface area contributed by atoms with Crippen LogP contribution in [0.3, 0.4) is 0 Å². The molecule has 1 amide bonds. The molecule has 2 aromatic carbocycles. The van der Waals surface area contributed by atoms with Crippen LogP contribution in [0.2, 0.25) is 0 Å². The van der Waals surface area contributed by atoms with Crippen LogP contribution in [-0.4, -0.2) is 66.0 Å². The molecule has 0 bridgehead atoms. The fraction of sp³-hybridized carbons (Fsp3) is 0.207. The summed E-state index contributed by atoms with van der Waals surface area (Å²) in [4.78, 5) is 30.7. The van der Waals surface area contributed by atoms with Crippen molar-refractivity contribution in [3.63, 3.8) is 0 Å². The second kappa shape index (κ2) is 11.4. The average Bonchev–Trinajstić information content (AvgIpc) is 3.24. The van der Waals surface area contributed by atoms with Crippen molar-refractivity contribution in [2.24, 2.45) is 7.05 Å². The van der Waals surface area contributed by atoms with Crippen molar-refractivity contribution in [1.82, 2.24) is 18.2 Å². The summed E-state index contributed by atoms with van der Waals surface area (Å²) in [5.41, 5.74) is 3.41. The minimum absolute atomic E-state index is 0.0146. The summed E-state index contributed by atoms with van der Waals surface area (Å²) in [7, 11) is 2.07. The van der Waals surface area contributed by atoms with Crippen LogP contribution < -0.4 is 15.4 Å². The number of carbonyl (C=O) groups is 2. The molecular formula is C29H29FN6O5S. The largest absolute Gasteiger partial charge is 0.494 e. The number of ketones is 1. The first kappa shape index (κ1) is 28.9. The molecule has 218 valence electrons. The predicted octanol–water partition coefficient (Wildman–Crippen LogP) is 4.04. The van der Waals surface area contributed by atoms with Gasteiger partial charge in [0.15, 0.2) is 17.3 Å². The minimum atomic E-state index is -3.85. The third-order valence-corrected chi connectivity index (χ3v) is 8.79. The normalized spacial score (nSPS) is 13.6. The van der Waals surface area contributed by atoms with Crippen molar-refractivity contribution in [2.75, 3.05) is 38.4 Å². The molecule has 0 saturated carbocycles. The summed E-state index contributed by atoms with van der Waals surface area (Å²) in [6, 6.07) is 16.5.